The standard InChI is InChI=1S/C22H19N3O8/c1-3-32-21(26)17-18(22(27)33-4-2)20(14-7-11-16(12-8-14)25(30)31)23-19(17)13-5-9-15(10-6-13)24(28)29/h5-12,23H,3-4H2,1-2H3. The topological polar surface area (TPSA) is 155 Å². The Balaban J connectivity index is 2.28. The normalized spacial score (nSPS) is 10.5. The Morgan fingerprint density at radius 3 is 1.33 bits per heavy atom. The number of non-ortho nitro benzene ring substituents is 2. The summed E-state index contributed by atoms with van der Waals surface area (Å²) in [5.74, 6) is -1.59. The van der Waals surface area contributed by atoms with Gasteiger partial charge in [0.25, 0.3) is 11.4 Å². The van der Waals surface area contributed by atoms with E-state index in [1.54, 1.807) is 13.8 Å². The summed E-state index contributed by atoms with van der Waals surface area (Å²) in [6.07, 6.45) is 0. The fourth-order valence-corrected chi connectivity index (χ4v) is 3.25. The number of nitrogens with zero attached hydrogens (tertiary/aromatic N) is 2. The van der Waals surface area contributed by atoms with E-state index in [0.29, 0.717) is 11.1 Å². The SMILES string of the molecule is CCOC(=O)c1c(-c2ccc([N+](=O)[O-])cc2)[nH]c(-c2ccc([N+](=O)[O-])cc2)c1C(=O)OCC. The Morgan fingerprint density at radius 1 is 0.727 bits per heavy atom. The van der Waals surface area contributed by atoms with Crippen LogP contribution in [0.1, 0.15) is 34.6 Å². The molecule has 0 aliphatic heterocycles. The smallest absolute Gasteiger partial charge is 0.341 e. The first-order chi connectivity index (χ1) is 15.8. The summed E-state index contributed by atoms with van der Waals surface area (Å²) in [6, 6.07) is 10.8. The number of ether oxygens (including phenoxy) is 2. The van der Waals surface area contributed by atoms with Gasteiger partial charge in [-0.15, -0.1) is 0 Å². The monoisotopic (exact) mass is 453 g/mol. The molecule has 3 aromatic rings. The molecule has 0 atom stereocenters. The fourth-order valence-electron chi connectivity index (χ4n) is 3.25. The van der Waals surface area contributed by atoms with E-state index in [0.717, 1.165) is 0 Å². The Kier molecular flexibility index (Phi) is 6.82. The minimum absolute atomic E-state index is 0.0405. The minimum Gasteiger partial charge on any atom is -0.462 e. The van der Waals surface area contributed by atoms with E-state index in [2.05, 4.69) is 4.98 Å². The van der Waals surface area contributed by atoms with Gasteiger partial charge in [0.15, 0.2) is 0 Å². The summed E-state index contributed by atoms with van der Waals surface area (Å²) in [7, 11) is 0. The predicted octanol–water partition coefficient (Wildman–Crippen LogP) is 4.52. The second-order valence-electron chi connectivity index (χ2n) is 6.67. The molecule has 0 fully saturated rings. The summed E-state index contributed by atoms with van der Waals surface area (Å²) in [5, 5.41) is 22.0. The lowest BCUT2D eigenvalue weighted by Crippen LogP contribution is -2.13. The van der Waals surface area contributed by atoms with Crippen molar-refractivity contribution < 1.29 is 28.9 Å². The van der Waals surface area contributed by atoms with Crippen LogP contribution in [0.5, 0.6) is 0 Å². The maximum absolute atomic E-state index is 12.9. The van der Waals surface area contributed by atoms with Gasteiger partial charge in [0.05, 0.1) is 34.4 Å². The summed E-state index contributed by atoms with van der Waals surface area (Å²) in [6.45, 7) is 3.30. The molecule has 33 heavy (non-hydrogen) atoms. The van der Waals surface area contributed by atoms with E-state index >= 15 is 0 Å². The number of hydrogen-bond donors (Lipinski definition) is 1. The Labute approximate surface area is 187 Å². The zero-order valence-electron chi connectivity index (χ0n) is 17.7. The molecule has 0 unspecified atom stereocenters. The summed E-state index contributed by atoms with van der Waals surface area (Å²) in [4.78, 5) is 49.7. The molecule has 3 rings (SSSR count). The van der Waals surface area contributed by atoms with Crippen molar-refractivity contribution >= 4 is 23.3 Å². The number of nitrogens with one attached hydrogen (secondary N) is 1. The van der Waals surface area contributed by atoms with Crippen LogP contribution in [0.3, 0.4) is 0 Å². The molecule has 0 bridgehead atoms. The van der Waals surface area contributed by atoms with Crippen LogP contribution >= 0.6 is 0 Å². The van der Waals surface area contributed by atoms with Crippen LogP contribution in [0.25, 0.3) is 22.5 Å². The van der Waals surface area contributed by atoms with Gasteiger partial charge in [0.1, 0.15) is 11.1 Å². The van der Waals surface area contributed by atoms with Crippen molar-refractivity contribution in [3.8, 4) is 22.5 Å². The van der Waals surface area contributed by atoms with E-state index in [4.69, 9.17) is 9.47 Å². The average Bonchev–Trinajstić information content (AvgIpc) is 3.20. The van der Waals surface area contributed by atoms with Gasteiger partial charge in [-0.3, -0.25) is 20.2 Å². The lowest BCUT2D eigenvalue weighted by molar-refractivity contribution is -0.385. The number of rotatable bonds is 8. The van der Waals surface area contributed by atoms with Crippen molar-refractivity contribution in [2.45, 2.75) is 13.8 Å². The molecule has 0 aliphatic rings. The van der Waals surface area contributed by atoms with Gasteiger partial charge in [-0.25, -0.2) is 9.59 Å². The first-order valence-corrected chi connectivity index (χ1v) is 9.88. The number of esters is 2. The molecule has 1 N–H and O–H groups in total. The van der Waals surface area contributed by atoms with Crippen LogP contribution in [0, 0.1) is 20.2 Å². The molecule has 11 nitrogen and oxygen atoms in total. The number of hydrogen-bond acceptors (Lipinski definition) is 8. The molecule has 0 saturated carbocycles. The maximum atomic E-state index is 12.9. The number of carbonyl (C=O) groups is 2. The third kappa shape index (κ3) is 4.71. The summed E-state index contributed by atoms with van der Waals surface area (Å²) < 4.78 is 10.3. The summed E-state index contributed by atoms with van der Waals surface area (Å²) in [5.41, 5.74) is 0.674. The van der Waals surface area contributed by atoms with Gasteiger partial charge in [-0.1, -0.05) is 0 Å². The highest BCUT2D eigenvalue weighted by molar-refractivity contribution is 6.11. The lowest BCUT2D eigenvalue weighted by Gasteiger charge is -2.08. The summed E-state index contributed by atoms with van der Waals surface area (Å²) >= 11 is 0. The highest BCUT2D eigenvalue weighted by Crippen LogP contribution is 2.36. The second kappa shape index (κ2) is 9.73. The first kappa shape index (κ1) is 23.1. The average molecular weight is 453 g/mol. The molecule has 1 aromatic heterocycles. The van der Waals surface area contributed by atoms with Crippen molar-refractivity contribution in [2.75, 3.05) is 13.2 Å². The van der Waals surface area contributed by atoms with Crippen LogP contribution in [0.2, 0.25) is 0 Å². The van der Waals surface area contributed by atoms with E-state index in [1.807, 2.05) is 0 Å². The third-order valence-electron chi connectivity index (χ3n) is 4.69. The van der Waals surface area contributed by atoms with Crippen molar-refractivity contribution in [1.29, 1.82) is 0 Å². The van der Waals surface area contributed by atoms with E-state index in [-0.39, 0.29) is 47.1 Å². The maximum Gasteiger partial charge on any atom is 0.341 e. The zero-order chi connectivity index (χ0) is 24.1. The number of carbonyl (C=O) groups excluding carboxylic acids is 2. The molecule has 2 aromatic carbocycles. The second-order valence-corrected chi connectivity index (χ2v) is 6.67. The molecule has 0 radical (unpaired) electrons. The quantitative estimate of drug-likeness (QED) is 0.296. The van der Waals surface area contributed by atoms with Crippen LogP contribution in [-0.4, -0.2) is 40.0 Å². The third-order valence-corrected chi connectivity index (χ3v) is 4.69. The van der Waals surface area contributed by atoms with Crippen LogP contribution in [0.4, 0.5) is 11.4 Å². The number of benzene rings is 2. The van der Waals surface area contributed by atoms with Crippen LogP contribution < -0.4 is 0 Å². The van der Waals surface area contributed by atoms with Gasteiger partial charge in [0, 0.05) is 24.3 Å². The van der Waals surface area contributed by atoms with Crippen LogP contribution in [0.15, 0.2) is 48.5 Å². The highest BCUT2D eigenvalue weighted by atomic mass is 16.6. The number of aromatic nitrogens is 1. The molecule has 170 valence electrons. The zero-order valence-corrected chi connectivity index (χ0v) is 17.7. The molecule has 0 aliphatic carbocycles. The van der Waals surface area contributed by atoms with Crippen molar-refractivity contribution in [3.05, 3.63) is 79.9 Å². The number of nitro benzene ring substituents is 2. The van der Waals surface area contributed by atoms with Crippen molar-refractivity contribution in [3.63, 3.8) is 0 Å². The van der Waals surface area contributed by atoms with Gasteiger partial charge in [-0.05, 0) is 49.2 Å². The number of H-pyrrole nitrogens is 1. The van der Waals surface area contributed by atoms with Gasteiger partial charge < -0.3 is 14.5 Å². The van der Waals surface area contributed by atoms with Gasteiger partial charge in [0.2, 0.25) is 0 Å². The Morgan fingerprint density at radius 2 is 1.06 bits per heavy atom. The largest absolute Gasteiger partial charge is 0.462 e. The predicted molar refractivity (Wildman–Crippen MR) is 117 cm³/mol. The molecule has 11 heteroatoms. The molecule has 0 amide bonds. The van der Waals surface area contributed by atoms with Gasteiger partial charge in [-0.2, -0.15) is 0 Å². The molecule has 0 saturated heterocycles. The molecule has 0 spiro atoms. The van der Waals surface area contributed by atoms with Crippen LogP contribution in [-0.2, 0) is 9.47 Å². The van der Waals surface area contributed by atoms with Crippen molar-refractivity contribution in [1.82, 2.24) is 4.98 Å². The minimum atomic E-state index is -0.793. The van der Waals surface area contributed by atoms with E-state index in [9.17, 15) is 29.8 Å². The molecular formula is C22H19N3O8. The number of nitro groups is 2. The molecule has 1 heterocycles. The first-order valence-electron chi connectivity index (χ1n) is 9.88. The Bertz CT molecular complexity index is 1120. The van der Waals surface area contributed by atoms with Crippen molar-refractivity contribution in [2.24, 2.45) is 0 Å². The van der Waals surface area contributed by atoms with Gasteiger partial charge >= 0.3 is 11.9 Å². The van der Waals surface area contributed by atoms with E-state index in [1.165, 1.54) is 48.5 Å². The van der Waals surface area contributed by atoms with E-state index < -0.39 is 21.8 Å². The lowest BCUT2D eigenvalue weighted by atomic mass is 10.0. The fraction of sp³-hybridized carbons (Fsp3) is 0.182. The Hall–Kier alpha value is -4.54. The molecular weight excluding hydrogens is 434 g/mol. The number of aromatic amines is 1. The highest BCUT2D eigenvalue weighted by Gasteiger charge is 2.31.